The van der Waals surface area contributed by atoms with Crippen molar-refractivity contribution >= 4 is 22.8 Å². The second-order valence-corrected chi connectivity index (χ2v) is 7.15. The number of nitrogens with one attached hydrogen (secondary N) is 3. The molecule has 1 aliphatic heterocycles. The summed E-state index contributed by atoms with van der Waals surface area (Å²) in [4.78, 5) is 22.5. The maximum Gasteiger partial charge on any atom is 0.275 e. The first-order chi connectivity index (χ1) is 12.1. The van der Waals surface area contributed by atoms with E-state index in [4.69, 9.17) is 0 Å². The third-order valence-electron chi connectivity index (χ3n) is 4.50. The molecule has 1 aliphatic rings. The summed E-state index contributed by atoms with van der Waals surface area (Å²) in [5.41, 5.74) is 1.28. The van der Waals surface area contributed by atoms with E-state index in [9.17, 15) is 15.0 Å². The van der Waals surface area contributed by atoms with Crippen molar-refractivity contribution in [3.63, 3.8) is 0 Å². The Morgan fingerprint density at radius 1 is 1.12 bits per heavy atom. The largest absolute Gasteiger partial charge is 0.389 e. The molecule has 0 radical (unpaired) electrons. The quantitative estimate of drug-likeness (QED) is 0.441. The highest BCUT2D eigenvalue weighted by Crippen LogP contribution is 2.32. The molecule has 2 aromatic heterocycles. The summed E-state index contributed by atoms with van der Waals surface area (Å²) < 4.78 is 0. The lowest BCUT2D eigenvalue weighted by atomic mass is 10.0. The third-order valence-corrected chi connectivity index (χ3v) is 5.64. The molecule has 0 amide bonds. The van der Waals surface area contributed by atoms with E-state index in [1.54, 1.807) is 18.0 Å². The van der Waals surface area contributed by atoms with Gasteiger partial charge < -0.3 is 25.5 Å². The number of hydrogen-bond acceptors (Lipinski definition) is 6. The summed E-state index contributed by atoms with van der Waals surface area (Å²) in [7, 11) is 0. The van der Waals surface area contributed by atoms with Crippen LogP contribution in [0.3, 0.4) is 0 Å². The van der Waals surface area contributed by atoms with Gasteiger partial charge in [-0.05, 0) is 12.1 Å². The van der Waals surface area contributed by atoms with Gasteiger partial charge in [-0.2, -0.15) is 0 Å². The Bertz CT molecular complexity index is 926. The smallest absolute Gasteiger partial charge is 0.275 e. The molecule has 0 bridgehead atoms. The van der Waals surface area contributed by atoms with E-state index in [0.29, 0.717) is 22.3 Å². The maximum atomic E-state index is 11.8. The predicted octanol–water partition coefficient (Wildman–Crippen LogP) is 0.778. The lowest BCUT2D eigenvalue weighted by Crippen LogP contribution is -2.35. The molecule has 4 atom stereocenters. The van der Waals surface area contributed by atoms with Crippen LogP contribution in [0.25, 0.3) is 11.0 Å². The van der Waals surface area contributed by atoms with Crippen LogP contribution < -0.4 is 10.9 Å². The molecule has 130 valence electrons. The van der Waals surface area contributed by atoms with Gasteiger partial charge >= 0.3 is 0 Å². The number of rotatable bonds is 4. The first-order valence-electron chi connectivity index (χ1n) is 8.00. The molecule has 0 spiro atoms. The van der Waals surface area contributed by atoms with E-state index in [-0.39, 0.29) is 11.6 Å². The van der Waals surface area contributed by atoms with Crippen LogP contribution in [0.15, 0.2) is 52.5 Å². The molecule has 3 aromatic rings. The molecule has 1 saturated heterocycles. The molecule has 1 fully saturated rings. The van der Waals surface area contributed by atoms with E-state index >= 15 is 0 Å². The SMILES string of the molecule is O=c1[nH]cnc2c([C@@H]3N[C@H](CSc4ccccc4)C(O)C3O)c[nH]c12. The van der Waals surface area contributed by atoms with Crippen LogP contribution in [0.4, 0.5) is 0 Å². The molecule has 7 nitrogen and oxygen atoms in total. The van der Waals surface area contributed by atoms with Crippen LogP contribution in [0.5, 0.6) is 0 Å². The number of aliphatic hydroxyl groups excluding tert-OH is 2. The molecule has 1 aromatic carbocycles. The lowest BCUT2D eigenvalue weighted by molar-refractivity contribution is 0.0308. The average Bonchev–Trinajstić information content (AvgIpc) is 3.18. The van der Waals surface area contributed by atoms with Crippen LogP contribution >= 0.6 is 11.8 Å². The van der Waals surface area contributed by atoms with Crippen LogP contribution in [0.2, 0.25) is 0 Å². The minimum absolute atomic E-state index is 0.263. The molecule has 5 N–H and O–H groups in total. The second-order valence-electron chi connectivity index (χ2n) is 6.06. The minimum atomic E-state index is -0.971. The molecular weight excluding hydrogens is 340 g/mol. The van der Waals surface area contributed by atoms with Crippen molar-refractivity contribution in [2.24, 2.45) is 0 Å². The van der Waals surface area contributed by atoms with E-state index in [0.717, 1.165) is 4.90 Å². The number of thioether (sulfide) groups is 1. The van der Waals surface area contributed by atoms with Gasteiger partial charge in [0.15, 0.2) is 0 Å². The van der Waals surface area contributed by atoms with Gasteiger partial charge in [0.2, 0.25) is 0 Å². The maximum absolute atomic E-state index is 11.8. The van der Waals surface area contributed by atoms with E-state index in [1.807, 2.05) is 30.3 Å². The van der Waals surface area contributed by atoms with Gasteiger partial charge in [0.25, 0.3) is 5.56 Å². The standard InChI is InChI=1S/C17H18N4O3S/c22-15-11(7-25-9-4-2-1-3-5-9)21-13(16(15)23)10-6-18-14-12(10)19-8-20-17(14)24/h1-6,8,11,13,15-16,18,21-23H,7H2,(H,19,20,24)/t11-,13+,15?,16?/m1/s1. The van der Waals surface area contributed by atoms with E-state index < -0.39 is 18.2 Å². The Balaban J connectivity index is 1.55. The highest BCUT2D eigenvalue weighted by molar-refractivity contribution is 7.99. The van der Waals surface area contributed by atoms with Crippen molar-refractivity contribution < 1.29 is 10.2 Å². The molecule has 2 unspecified atom stereocenters. The molecule has 4 rings (SSSR count). The number of benzene rings is 1. The predicted molar refractivity (Wildman–Crippen MR) is 95.6 cm³/mol. The highest BCUT2D eigenvalue weighted by atomic mass is 32.2. The van der Waals surface area contributed by atoms with E-state index in [2.05, 4.69) is 20.3 Å². The van der Waals surface area contributed by atoms with Crippen molar-refractivity contribution in [2.45, 2.75) is 29.2 Å². The number of nitrogens with zero attached hydrogens (tertiary/aromatic N) is 1. The zero-order valence-corrected chi connectivity index (χ0v) is 14.0. The van der Waals surface area contributed by atoms with Crippen LogP contribution in [0, 0.1) is 0 Å². The Morgan fingerprint density at radius 3 is 2.72 bits per heavy atom. The zero-order valence-electron chi connectivity index (χ0n) is 13.2. The van der Waals surface area contributed by atoms with E-state index in [1.165, 1.54) is 6.33 Å². The number of hydrogen-bond donors (Lipinski definition) is 5. The first-order valence-corrected chi connectivity index (χ1v) is 8.98. The Kier molecular flexibility index (Phi) is 4.34. The van der Waals surface area contributed by atoms with Crippen molar-refractivity contribution in [3.8, 4) is 0 Å². The van der Waals surface area contributed by atoms with Gasteiger partial charge in [0, 0.05) is 28.5 Å². The summed E-state index contributed by atoms with van der Waals surface area (Å²) >= 11 is 1.62. The zero-order chi connectivity index (χ0) is 17.4. The number of fused-ring (bicyclic) bond motifs is 1. The van der Waals surface area contributed by atoms with Gasteiger partial charge in [-0.15, -0.1) is 11.8 Å². The first kappa shape index (κ1) is 16.3. The molecule has 25 heavy (non-hydrogen) atoms. The Hall–Kier alpha value is -2.13. The fourth-order valence-corrected chi connectivity index (χ4v) is 4.21. The third kappa shape index (κ3) is 2.98. The topological polar surface area (TPSA) is 114 Å². The number of aromatic nitrogens is 3. The van der Waals surface area contributed by atoms with Crippen LogP contribution in [-0.4, -0.2) is 49.2 Å². The van der Waals surface area contributed by atoms with Gasteiger partial charge in [-0.25, -0.2) is 4.98 Å². The average molecular weight is 358 g/mol. The molecule has 8 heteroatoms. The van der Waals surface area contributed by atoms with Crippen molar-refractivity contribution in [1.29, 1.82) is 0 Å². The molecule has 3 heterocycles. The van der Waals surface area contributed by atoms with Gasteiger partial charge in [-0.3, -0.25) is 4.79 Å². The normalized spacial score (nSPS) is 26.3. The fraction of sp³-hybridized carbons (Fsp3) is 0.294. The van der Waals surface area contributed by atoms with Crippen molar-refractivity contribution in [1.82, 2.24) is 20.3 Å². The fourth-order valence-electron chi connectivity index (χ4n) is 3.19. The van der Waals surface area contributed by atoms with Gasteiger partial charge in [0.05, 0.1) is 18.5 Å². The highest BCUT2D eigenvalue weighted by Gasteiger charge is 2.42. The Morgan fingerprint density at radius 2 is 1.92 bits per heavy atom. The number of aromatic amines is 2. The lowest BCUT2D eigenvalue weighted by Gasteiger charge is -2.15. The summed E-state index contributed by atoms with van der Waals surface area (Å²) in [6, 6.07) is 9.15. The summed E-state index contributed by atoms with van der Waals surface area (Å²) in [5, 5.41) is 24.2. The summed E-state index contributed by atoms with van der Waals surface area (Å²) in [6.07, 6.45) is 1.13. The number of aliphatic hydroxyl groups is 2. The van der Waals surface area contributed by atoms with Crippen molar-refractivity contribution in [2.75, 3.05) is 5.75 Å². The summed E-state index contributed by atoms with van der Waals surface area (Å²) in [6.45, 7) is 0. The monoisotopic (exact) mass is 358 g/mol. The second kappa shape index (κ2) is 6.64. The number of H-pyrrole nitrogens is 2. The Labute approximate surface area is 147 Å². The molecular formula is C17H18N4O3S. The van der Waals surface area contributed by atoms with Crippen LogP contribution in [0.1, 0.15) is 11.6 Å². The molecule has 0 aliphatic carbocycles. The van der Waals surface area contributed by atoms with Crippen molar-refractivity contribution in [3.05, 3.63) is 58.8 Å². The molecule has 0 saturated carbocycles. The summed E-state index contributed by atoms with van der Waals surface area (Å²) in [5.74, 6) is 0.620. The van der Waals surface area contributed by atoms with Gasteiger partial charge in [0.1, 0.15) is 17.1 Å². The van der Waals surface area contributed by atoms with Gasteiger partial charge in [-0.1, -0.05) is 18.2 Å². The minimum Gasteiger partial charge on any atom is -0.389 e. The van der Waals surface area contributed by atoms with Crippen LogP contribution in [-0.2, 0) is 0 Å².